The first-order valence-electron chi connectivity index (χ1n) is 4.74. The van der Waals surface area contributed by atoms with Crippen LogP contribution in [0.4, 0.5) is 8.78 Å². The Morgan fingerprint density at radius 1 is 1.06 bits per heavy atom. The number of alkyl halides is 3. The maximum atomic E-state index is 12.2. The Morgan fingerprint density at radius 2 is 1.75 bits per heavy atom. The minimum absolute atomic E-state index is 0.180. The molecule has 0 fully saturated rings. The van der Waals surface area contributed by atoms with Gasteiger partial charge in [-0.05, 0) is 17.0 Å². The molecule has 0 radical (unpaired) electrons. The quantitative estimate of drug-likeness (QED) is 0.734. The fraction of sp³-hybridized carbons (Fsp3) is 0.167. The van der Waals surface area contributed by atoms with E-state index < -0.39 is 6.61 Å². The van der Waals surface area contributed by atoms with Gasteiger partial charge in [-0.1, -0.05) is 30.3 Å². The lowest BCUT2D eigenvalue weighted by Gasteiger charge is -2.10. The lowest BCUT2D eigenvalue weighted by Crippen LogP contribution is -2.02. The fourth-order valence-electron chi connectivity index (χ4n) is 1.65. The number of benzene rings is 2. The second-order valence-electron chi connectivity index (χ2n) is 3.28. The first-order chi connectivity index (χ1) is 7.72. The summed E-state index contributed by atoms with van der Waals surface area (Å²) in [5.74, 6) is 0.523. The van der Waals surface area contributed by atoms with Crippen LogP contribution in [0.1, 0.15) is 5.56 Å². The first kappa shape index (κ1) is 11.1. The van der Waals surface area contributed by atoms with Gasteiger partial charge in [-0.15, -0.1) is 11.6 Å². The summed E-state index contributed by atoms with van der Waals surface area (Å²) in [6.45, 7) is -2.81. The van der Waals surface area contributed by atoms with Crippen molar-refractivity contribution in [3.63, 3.8) is 0 Å². The van der Waals surface area contributed by atoms with E-state index >= 15 is 0 Å². The van der Waals surface area contributed by atoms with Crippen molar-refractivity contribution in [1.29, 1.82) is 0 Å². The average Bonchev–Trinajstić information content (AvgIpc) is 2.29. The molecule has 0 aliphatic heterocycles. The van der Waals surface area contributed by atoms with Crippen LogP contribution in [0.25, 0.3) is 10.8 Å². The summed E-state index contributed by atoms with van der Waals surface area (Å²) < 4.78 is 28.8. The molecule has 0 heterocycles. The monoisotopic (exact) mass is 242 g/mol. The van der Waals surface area contributed by atoms with E-state index in [0.717, 1.165) is 10.9 Å². The number of hydrogen-bond donors (Lipinski definition) is 0. The minimum atomic E-state index is -2.81. The molecule has 0 aromatic heterocycles. The van der Waals surface area contributed by atoms with Crippen LogP contribution in [0.5, 0.6) is 5.75 Å². The lowest BCUT2D eigenvalue weighted by molar-refractivity contribution is -0.0488. The van der Waals surface area contributed by atoms with Crippen LogP contribution >= 0.6 is 11.6 Å². The maximum absolute atomic E-state index is 12.2. The molecule has 0 spiro atoms. The molecule has 0 atom stereocenters. The third kappa shape index (κ3) is 2.09. The first-order valence-corrected chi connectivity index (χ1v) is 5.27. The number of rotatable bonds is 3. The van der Waals surface area contributed by atoms with Crippen molar-refractivity contribution in [2.24, 2.45) is 0 Å². The number of ether oxygens (including phenoxy) is 1. The fourth-order valence-corrected chi connectivity index (χ4v) is 1.88. The molecule has 2 aromatic carbocycles. The molecule has 0 N–H and O–H groups in total. The van der Waals surface area contributed by atoms with E-state index in [9.17, 15) is 8.78 Å². The van der Waals surface area contributed by atoms with E-state index in [4.69, 9.17) is 11.6 Å². The van der Waals surface area contributed by atoms with Crippen LogP contribution in [0.2, 0.25) is 0 Å². The van der Waals surface area contributed by atoms with Gasteiger partial charge in [0.25, 0.3) is 0 Å². The average molecular weight is 243 g/mol. The molecular weight excluding hydrogens is 234 g/mol. The molecule has 0 amide bonds. The van der Waals surface area contributed by atoms with Crippen molar-refractivity contribution in [2.75, 3.05) is 0 Å². The molecular formula is C12H9ClF2O. The van der Waals surface area contributed by atoms with Gasteiger partial charge >= 0.3 is 6.61 Å². The van der Waals surface area contributed by atoms with Crippen LogP contribution in [0.3, 0.4) is 0 Å². The number of halogens is 3. The van der Waals surface area contributed by atoms with Gasteiger partial charge in [0.15, 0.2) is 0 Å². The topological polar surface area (TPSA) is 9.23 Å². The van der Waals surface area contributed by atoms with E-state index in [0.29, 0.717) is 11.3 Å². The van der Waals surface area contributed by atoms with Gasteiger partial charge in [-0.2, -0.15) is 8.78 Å². The smallest absolute Gasteiger partial charge is 0.387 e. The zero-order chi connectivity index (χ0) is 11.5. The van der Waals surface area contributed by atoms with Crippen molar-refractivity contribution >= 4 is 22.4 Å². The highest BCUT2D eigenvalue weighted by atomic mass is 35.5. The Hall–Kier alpha value is -1.35. The SMILES string of the molecule is FC(F)Oc1ccc(CCl)c2ccccc12. The minimum Gasteiger partial charge on any atom is -0.434 e. The predicted molar refractivity (Wildman–Crippen MR) is 60.1 cm³/mol. The largest absolute Gasteiger partial charge is 0.434 e. The molecule has 0 saturated carbocycles. The normalized spacial score (nSPS) is 11.0. The van der Waals surface area contributed by atoms with Crippen molar-refractivity contribution in [1.82, 2.24) is 0 Å². The molecule has 0 unspecified atom stereocenters. The maximum Gasteiger partial charge on any atom is 0.387 e. The lowest BCUT2D eigenvalue weighted by atomic mass is 10.0. The van der Waals surface area contributed by atoms with E-state index in [1.165, 1.54) is 6.07 Å². The molecule has 2 aromatic rings. The summed E-state index contributed by atoms with van der Waals surface area (Å²) in [6, 6.07) is 10.4. The van der Waals surface area contributed by atoms with Crippen molar-refractivity contribution in [3.8, 4) is 5.75 Å². The summed E-state index contributed by atoms with van der Waals surface area (Å²) >= 11 is 5.78. The van der Waals surface area contributed by atoms with Gasteiger partial charge in [0.2, 0.25) is 0 Å². The van der Waals surface area contributed by atoms with Gasteiger partial charge in [-0.25, -0.2) is 0 Å². The molecule has 16 heavy (non-hydrogen) atoms. The molecule has 4 heteroatoms. The molecule has 0 aliphatic rings. The van der Waals surface area contributed by atoms with Gasteiger partial charge in [0.1, 0.15) is 5.75 Å². The summed E-state index contributed by atoms with van der Waals surface area (Å²) in [4.78, 5) is 0. The van der Waals surface area contributed by atoms with Crippen molar-refractivity contribution in [2.45, 2.75) is 12.5 Å². The van der Waals surface area contributed by atoms with E-state index in [-0.39, 0.29) is 5.75 Å². The Labute approximate surface area is 96.6 Å². The van der Waals surface area contributed by atoms with Crippen molar-refractivity contribution in [3.05, 3.63) is 42.0 Å². The highest BCUT2D eigenvalue weighted by Gasteiger charge is 2.09. The summed E-state index contributed by atoms with van der Waals surface area (Å²) in [5.41, 5.74) is 0.902. The van der Waals surface area contributed by atoms with Crippen LogP contribution < -0.4 is 4.74 Å². The zero-order valence-electron chi connectivity index (χ0n) is 8.29. The molecule has 0 aliphatic carbocycles. The van der Waals surface area contributed by atoms with Crippen LogP contribution in [0, 0.1) is 0 Å². The van der Waals surface area contributed by atoms with Gasteiger partial charge < -0.3 is 4.74 Å². The van der Waals surface area contributed by atoms with E-state index in [1.54, 1.807) is 18.2 Å². The Morgan fingerprint density at radius 3 is 2.38 bits per heavy atom. The molecule has 0 bridgehead atoms. The highest BCUT2D eigenvalue weighted by Crippen LogP contribution is 2.30. The van der Waals surface area contributed by atoms with E-state index in [2.05, 4.69) is 4.74 Å². The second kappa shape index (κ2) is 4.66. The van der Waals surface area contributed by atoms with Crippen LogP contribution in [-0.2, 0) is 5.88 Å². The Bertz CT molecular complexity index is 499. The summed E-state index contributed by atoms with van der Waals surface area (Å²) in [7, 11) is 0. The van der Waals surface area contributed by atoms with Crippen molar-refractivity contribution < 1.29 is 13.5 Å². The van der Waals surface area contributed by atoms with E-state index in [1.807, 2.05) is 12.1 Å². The third-order valence-electron chi connectivity index (χ3n) is 2.33. The Kier molecular flexibility index (Phi) is 3.25. The third-order valence-corrected chi connectivity index (χ3v) is 2.62. The van der Waals surface area contributed by atoms with Gasteiger partial charge in [0.05, 0.1) is 0 Å². The second-order valence-corrected chi connectivity index (χ2v) is 3.55. The highest BCUT2D eigenvalue weighted by molar-refractivity contribution is 6.18. The molecule has 84 valence electrons. The number of hydrogen-bond acceptors (Lipinski definition) is 1. The zero-order valence-corrected chi connectivity index (χ0v) is 9.05. The predicted octanol–water partition coefficient (Wildman–Crippen LogP) is 4.18. The standard InChI is InChI=1S/C12H9ClF2O/c13-7-8-5-6-11(16-12(14)15)10-4-2-1-3-9(8)10/h1-6,12H,7H2. The van der Waals surface area contributed by atoms with Crippen LogP contribution in [-0.4, -0.2) is 6.61 Å². The summed E-state index contributed by atoms with van der Waals surface area (Å²) in [5, 5.41) is 1.50. The van der Waals surface area contributed by atoms with Gasteiger partial charge in [0, 0.05) is 11.3 Å². The molecule has 2 rings (SSSR count). The Balaban J connectivity index is 2.60. The molecule has 1 nitrogen and oxygen atoms in total. The molecule has 0 saturated heterocycles. The van der Waals surface area contributed by atoms with Crippen LogP contribution in [0.15, 0.2) is 36.4 Å². The summed E-state index contributed by atoms with van der Waals surface area (Å²) in [6.07, 6.45) is 0. The van der Waals surface area contributed by atoms with Gasteiger partial charge in [-0.3, -0.25) is 0 Å². The number of fused-ring (bicyclic) bond motifs is 1.